The van der Waals surface area contributed by atoms with Crippen molar-refractivity contribution in [3.63, 3.8) is 0 Å². The van der Waals surface area contributed by atoms with Crippen LogP contribution in [0.5, 0.6) is 0 Å². The van der Waals surface area contributed by atoms with Crippen molar-refractivity contribution in [2.24, 2.45) is 5.92 Å². The van der Waals surface area contributed by atoms with Crippen LogP contribution in [-0.4, -0.2) is 97.3 Å². The number of nitriles is 1. The Hall–Kier alpha value is -3.39. The van der Waals surface area contributed by atoms with Crippen molar-refractivity contribution in [2.75, 3.05) is 57.4 Å². The Kier molecular flexibility index (Phi) is 8.48. The highest BCUT2D eigenvalue weighted by Gasteiger charge is 2.54. The van der Waals surface area contributed by atoms with Crippen LogP contribution in [0.2, 0.25) is 0 Å². The third-order valence-corrected chi connectivity index (χ3v) is 6.84. The number of pyridine rings is 1. The summed E-state index contributed by atoms with van der Waals surface area (Å²) in [6, 6.07) is 4.25. The molecule has 0 bridgehead atoms. The average molecular weight is 520 g/mol. The minimum absolute atomic E-state index is 0.00474. The lowest BCUT2D eigenvalue weighted by Gasteiger charge is -2.40. The summed E-state index contributed by atoms with van der Waals surface area (Å²) in [5, 5.41) is 8.88. The minimum atomic E-state index is -4.64. The monoisotopic (exact) mass is 519 g/mol. The first-order chi connectivity index (χ1) is 17.8. The number of hydrogen-bond acceptors (Lipinski definition) is 8. The van der Waals surface area contributed by atoms with Crippen LogP contribution < -0.4 is 15.8 Å². The zero-order valence-electron chi connectivity index (χ0n) is 20.1. The van der Waals surface area contributed by atoms with Crippen molar-refractivity contribution in [2.45, 2.75) is 31.1 Å². The van der Waals surface area contributed by atoms with Gasteiger partial charge in [-0.25, -0.2) is 10.4 Å². The lowest BCUT2D eigenvalue weighted by Crippen LogP contribution is -2.65. The highest BCUT2D eigenvalue weighted by atomic mass is 19.4. The number of piperazine rings is 1. The van der Waals surface area contributed by atoms with E-state index in [-0.39, 0.29) is 31.7 Å². The molecule has 198 valence electrons. The van der Waals surface area contributed by atoms with E-state index in [1.54, 1.807) is 21.9 Å². The number of alkyl halides is 3. The van der Waals surface area contributed by atoms with Crippen molar-refractivity contribution >= 4 is 17.6 Å². The number of aromatic nitrogens is 1. The van der Waals surface area contributed by atoms with E-state index in [1.165, 1.54) is 6.20 Å². The van der Waals surface area contributed by atoms with Crippen LogP contribution in [0.3, 0.4) is 0 Å². The van der Waals surface area contributed by atoms with Crippen molar-refractivity contribution in [3.05, 3.63) is 23.9 Å². The number of hydrazine groups is 1. The molecule has 0 radical (unpaired) electrons. The largest absolute Gasteiger partial charge is 0.402 e. The van der Waals surface area contributed by atoms with Crippen LogP contribution in [0, 0.1) is 29.1 Å². The van der Waals surface area contributed by atoms with E-state index in [4.69, 9.17) is 10.00 Å². The summed E-state index contributed by atoms with van der Waals surface area (Å²) in [5.74, 6) is 2.53. The Morgan fingerprint density at radius 2 is 2.00 bits per heavy atom. The van der Waals surface area contributed by atoms with E-state index in [0.29, 0.717) is 51.1 Å². The maximum absolute atomic E-state index is 13.5. The molecule has 2 amide bonds. The van der Waals surface area contributed by atoms with Gasteiger partial charge in [0.2, 0.25) is 5.91 Å². The number of amides is 2. The number of nitrogens with zero attached hydrogens (tertiary/aromatic N) is 5. The summed E-state index contributed by atoms with van der Waals surface area (Å²) in [5.41, 5.74) is 5.12. The van der Waals surface area contributed by atoms with Gasteiger partial charge in [0.1, 0.15) is 18.5 Å². The summed E-state index contributed by atoms with van der Waals surface area (Å²) in [4.78, 5) is 34.0. The molecule has 13 heteroatoms. The number of halogens is 3. The van der Waals surface area contributed by atoms with Gasteiger partial charge in [-0.3, -0.25) is 19.9 Å². The van der Waals surface area contributed by atoms with E-state index in [1.807, 2.05) is 11.0 Å². The van der Waals surface area contributed by atoms with Gasteiger partial charge in [0.15, 0.2) is 5.92 Å². The number of carbonyl (C=O) groups is 2. The Labute approximate surface area is 212 Å². The van der Waals surface area contributed by atoms with Gasteiger partial charge in [0.25, 0.3) is 5.91 Å². The van der Waals surface area contributed by atoms with Crippen molar-refractivity contribution < 1.29 is 27.5 Å². The summed E-state index contributed by atoms with van der Waals surface area (Å²) in [6.07, 6.45) is -1.75. The molecule has 3 saturated heterocycles. The third-order valence-electron chi connectivity index (χ3n) is 6.84. The number of ether oxygens (including phenoxy) is 1. The summed E-state index contributed by atoms with van der Waals surface area (Å²) in [6.45, 7) is 2.75. The molecule has 3 aliphatic heterocycles. The Morgan fingerprint density at radius 3 is 2.68 bits per heavy atom. The molecule has 3 atom stereocenters. The molecule has 0 spiro atoms. The van der Waals surface area contributed by atoms with E-state index in [0.717, 1.165) is 5.82 Å². The molecule has 4 rings (SSSR count). The van der Waals surface area contributed by atoms with Gasteiger partial charge in [0.05, 0.1) is 12.2 Å². The van der Waals surface area contributed by atoms with E-state index >= 15 is 0 Å². The highest BCUT2D eigenvalue weighted by Crippen LogP contribution is 2.35. The van der Waals surface area contributed by atoms with Gasteiger partial charge < -0.3 is 14.5 Å². The fraction of sp³-hybridized carbons (Fsp3) is 0.583. The molecule has 4 heterocycles. The highest BCUT2D eigenvalue weighted by molar-refractivity contribution is 5.93. The molecule has 10 nitrogen and oxygen atoms in total. The molecule has 2 unspecified atom stereocenters. The van der Waals surface area contributed by atoms with Gasteiger partial charge >= 0.3 is 6.18 Å². The fourth-order valence-electron chi connectivity index (χ4n) is 4.98. The second kappa shape index (κ2) is 11.8. The molecule has 1 aromatic rings. The quantitative estimate of drug-likeness (QED) is 0.421. The van der Waals surface area contributed by atoms with Crippen LogP contribution >= 0.6 is 0 Å². The van der Waals surface area contributed by atoms with Crippen molar-refractivity contribution in [1.29, 1.82) is 5.26 Å². The van der Waals surface area contributed by atoms with Gasteiger partial charge in [0, 0.05) is 51.0 Å². The van der Waals surface area contributed by atoms with Gasteiger partial charge in [-0.2, -0.15) is 18.4 Å². The summed E-state index contributed by atoms with van der Waals surface area (Å²) < 4.78 is 46.2. The zero-order chi connectivity index (χ0) is 26.4. The number of hydrogen-bond donors (Lipinski definition) is 2. The van der Waals surface area contributed by atoms with Crippen LogP contribution in [-0.2, 0) is 14.3 Å². The molecule has 0 saturated carbocycles. The van der Waals surface area contributed by atoms with Gasteiger partial charge in [-0.05, 0) is 37.4 Å². The van der Waals surface area contributed by atoms with E-state index in [9.17, 15) is 22.8 Å². The molecule has 3 aliphatic rings. The van der Waals surface area contributed by atoms with Gasteiger partial charge in [-0.15, -0.1) is 0 Å². The maximum Gasteiger partial charge on any atom is 0.402 e. The lowest BCUT2D eigenvalue weighted by molar-refractivity contribution is -0.201. The number of likely N-dealkylation sites (tertiary alicyclic amines) is 1. The summed E-state index contributed by atoms with van der Waals surface area (Å²) >= 11 is 0. The summed E-state index contributed by atoms with van der Waals surface area (Å²) in [7, 11) is 0. The minimum Gasteiger partial charge on any atom is -0.367 e. The number of carbonyl (C=O) groups excluding carboxylic acids is 2. The van der Waals surface area contributed by atoms with Crippen LogP contribution in [0.1, 0.15) is 18.4 Å². The second-order valence-electron chi connectivity index (χ2n) is 9.10. The Bertz CT molecular complexity index is 1070. The Balaban J connectivity index is 1.22. The van der Waals surface area contributed by atoms with E-state index < -0.39 is 24.0 Å². The van der Waals surface area contributed by atoms with Crippen molar-refractivity contribution in [1.82, 2.24) is 25.6 Å². The molecular weight excluding hydrogens is 491 g/mol. The first-order valence-corrected chi connectivity index (χ1v) is 12.1. The smallest absolute Gasteiger partial charge is 0.367 e. The SMILES string of the molecule is N#Cc1ccc(N2CCN(C(=O)C#CCOC[C@@H]3CCCN3C3CNNC(=O)C3C(F)(F)F)CC2)nc1. The van der Waals surface area contributed by atoms with Crippen LogP contribution in [0.25, 0.3) is 0 Å². The predicted octanol–water partition coefficient (Wildman–Crippen LogP) is 0.268. The molecule has 1 aromatic heterocycles. The molecule has 2 N–H and O–H groups in total. The molecule has 3 fully saturated rings. The normalized spacial score (nSPS) is 24.7. The molecular formula is C24H28F3N7O3. The third kappa shape index (κ3) is 6.49. The molecule has 0 aliphatic carbocycles. The molecule has 0 aromatic carbocycles. The second-order valence-corrected chi connectivity index (χ2v) is 9.10. The zero-order valence-corrected chi connectivity index (χ0v) is 20.1. The van der Waals surface area contributed by atoms with Gasteiger partial charge in [-0.1, -0.05) is 5.92 Å². The number of nitrogens with one attached hydrogen (secondary N) is 2. The fourth-order valence-corrected chi connectivity index (χ4v) is 4.98. The van der Waals surface area contributed by atoms with E-state index in [2.05, 4.69) is 27.7 Å². The first kappa shape index (κ1) is 26.7. The van der Waals surface area contributed by atoms with Crippen LogP contribution in [0.15, 0.2) is 18.3 Å². The van der Waals surface area contributed by atoms with Crippen molar-refractivity contribution in [3.8, 4) is 17.9 Å². The average Bonchev–Trinajstić information content (AvgIpc) is 3.36. The standard InChI is InChI=1S/C24H28F3N7O3/c25-24(26,27)22-19(15-30-31-23(22)36)34-7-1-3-18(34)16-37-12-2-4-21(35)33-10-8-32(9-11-33)20-6-5-17(13-28)14-29-20/h5-6,14,18-19,22,30H,1,3,7-12,15-16H2,(H,31,36)/t18-,19?,22?/m0/s1. The predicted molar refractivity (Wildman–Crippen MR) is 126 cm³/mol. The molecule has 37 heavy (non-hydrogen) atoms. The number of anilines is 1. The Morgan fingerprint density at radius 1 is 1.22 bits per heavy atom. The lowest BCUT2D eigenvalue weighted by atomic mass is 9.94. The maximum atomic E-state index is 13.5. The number of rotatable bonds is 5. The van der Waals surface area contributed by atoms with Crippen LogP contribution in [0.4, 0.5) is 19.0 Å². The first-order valence-electron chi connectivity index (χ1n) is 12.1. The topological polar surface area (TPSA) is 114 Å².